The molecule has 0 bridgehead atoms. The molecule has 0 amide bonds. The van der Waals surface area contributed by atoms with Crippen molar-refractivity contribution in [3.05, 3.63) is 102 Å². The molecule has 0 aliphatic heterocycles. The van der Waals surface area contributed by atoms with Crippen LogP contribution in [-0.2, 0) is 26.2 Å². The fourth-order valence-corrected chi connectivity index (χ4v) is 6.08. The second-order valence-electron chi connectivity index (χ2n) is 9.20. The predicted molar refractivity (Wildman–Crippen MR) is 155 cm³/mol. The van der Waals surface area contributed by atoms with Gasteiger partial charge in [0, 0.05) is 17.0 Å². The van der Waals surface area contributed by atoms with Crippen LogP contribution >= 0.6 is 0 Å². The van der Waals surface area contributed by atoms with Crippen LogP contribution in [0.4, 0.5) is 5.69 Å². The van der Waals surface area contributed by atoms with E-state index in [2.05, 4.69) is 11.1 Å². The number of hydrogen-bond donors (Lipinski definition) is 0. The Morgan fingerprint density at radius 2 is 1.80 bits per heavy atom. The Morgan fingerprint density at radius 3 is 2.56 bits per heavy atom. The molecule has 9 nitrogen and oxygen atoms in total. The fourth-order valence-electron chi connectivity index (χ4n) is 4.51. The largest absolute Gasteiger partial charge is 0.487 e. The third-order valence-electron chi connectivity index (χ3n) is 6.45. The Labute approximate surface area is 237 Å². The number of carbonyl (C=O) groups excluding carboxylic acids is 1. The van der Waals surface area contributed by atoms with Crippen molar-refractivity contribution in [2.24, 2.45) is 0 Å². The number of esters is 1. The predicted octanol–water partition coefficient (Wildman–Crippen LogP) is 5.30. The highest BCUT2D eigenvalue weighted by Gasteiger charge is 2.30. The molecule has 0 saturated carbocycles. The molecule has 0 saturated heterocycles. The summed E-state index contributed by atoms with van der Waals surface area (Å²) >= 11 is 0. The lowest BCUT2D eigenvalue weighted by atomic mass is 10.1. The Balaban J connectivity index is 1.54. The SMILES string of the molecule is CCOC(=O)CN(c1ccc2c(C)cc(COc3ccc(C#N)cc3)nc2c1)S(=O)(=O)c1cccc2cccnc12. The van der Waals surface area contributed by atoms with Crippen LogP contribution in [0.15, 0.2) is 90.0 Å². The van der Waals surface area contributed by atoms with Gasteiger partial charge >= 0.3 is 5.97 Å². The van der Waals surface area contributed by atoms with E-state index in [0.29, 0.717) is 33.4 Å². The monoisotopic (exact) mass is 566 g/mol. The molecule has 41 heavy (non-hydrogen) atoms. The van der Waals surface area contributed by atoms with Crippen molar-refractivity contribution < 1.29 is 22.7 Å². The zero-order valence-electron chi connectivity index (χ0n) is 22.4. The van der Waals surface area contributed by atoms with Gasteiger partial charge < -0.3 is 9.47 Å². The molecule has 0 N–H and O–H groups in total. The van der Waals surface area contributed by atoms with Gasteiger partial charge in [-0.05, 0) is 74.0 Å². The molecule has 0 spiro atoms. The van der Waals surface area contributed by atoms with Crippen LogP contribution in [0.1, 0.15) is 23.7 Å². The van der Waals surface area contributed by atoms with Gasteiger partial charge in [-0.1, -0.05) is 24.3 Å². The minimum atomic E-state index is -4.24. The second kappa shape index (κ2) is 11.6. The maximum atomic E-state index is 14.1. The van der Waals surface area contributed by atoms with E-state index < -0.39 is 22.5 Å². The number of nitriles is 1. The molecular formula is C31H26N4O5S. The molecule has 0 fully saturated rings. The topological polar surface area (TPSA) is 122 Å². The first-order valence-electron chi connectivity index (χ1n) is 12.9. The Hall–Kier alpha value is -5.01. The normalized spacial score (nSPS) is 11.2. The molecule has 5 aromatic rings. The Bertz CT molecular complexity index is 1900. The molecule has 0 radical (unpaired) electrons. The van der Waals surface area contributed by atoms with Gasteiger partial charge in [0.2, 0.25) is 0 Å². The first kappa shape index (κ1) is 27.6. The van der Waals surface area contributed by atoms with E-state index in [1.165, 1.54) is 12.3 Å². The number of benzene rings is 3. The summed E-state index contributed by atoms with van der Waals surface area (Å²) in [5.41, 5.74) is 3.20. The zero-order chi connectivity index (χ0) is 29.0. The van der Waals surface area contributed by atoms with Crippen molar-refractivity contribution in [1.29, 1.82) is 5.26 Å². The van der Waals surface area contributed by atoms with Crippen molar-refractivity contribution in [3.8, 4) is 11.8 Å². The van der Waals surface area contributed by atoms with Crippen molar-refractivity contribution in [1.82, 2.24) is 9.97 Å². The van der Waals surface area contributed by atoms with Gasteiger partial charge in [-0.25, -0.2) is 13.4 Å². The first-order chi connectivity index (χ1) is 19.8. The van der Waals surface area contributed by atoms with Gasteiger partial charge in [0.25, 0.3) is 10.0 Å². The number of pyridine rings is 2. The van der Waals surface area contributed by atoms with Crippen LogP contribution in [0.5, 0.6) is 5.75 Å². The standard InChI is InChI=1S/C31H26N4O5S/c1-3-39-30(36)19-35(41(37,38)29-8-4-6-23-7-5-15-33-31(23)29)25-11-14-27-21(2)16-24(34-28(27)17-25)20-40-26-12-9-22(18-32)10-13-26/h4-17H,3,19-20H2,1-2H3. The van der Waals surface area contributed by atoms with Gasteiger partial charge in [0.15, 0.2) is 0 Å². The molecule has 2 heterocycles. The van der Waals surface area contributed by atoms with E-state index in [0.717, 1.165) is 15.3 Å². The van der Waals surface area contributed by atoms with Crippen molar-refractivity contribution in [3.63, 3.8) is 0 Å². The molecule has 5 rings (SSSR count). The Kier molecular flexibility index (Phi) is 7.81. The molecule has 2 aromatic heterocycles. The van der Waals surface area contributed by atoms with Crippen LogP contribution in [0.3, 0.4) is 0 Å². The summed E-state index contributed by atoms with van der Waals surface area (Å²) in [6, 6.07) is 24.2. The number of sulfonamides is 1. The number of aromatic nitrogens is 2. The molecule has 10 heteroatoms. The fraction of sp³-hybridized carbons (Fsp3) is 0.161. The van der Waals surface area contributed by atoms with Gasteiger partial charge in [0.1, 0.15) is 23.8 Å². The summed E-state index contributed by atoms with van der Waals surface area (Å²) in [6.45, 7) is 3.35. The molecule has 3 aromatic carbocycles. The van der Waals surface area contributed by atoms with Crippen molar-refractivity contribution in [2.75, 3.05) is 17.5 Å². The van der Waals surface area contributed by atoms with E-state index in [-0.39, 0.29) is 23.8 Å². The van der Waals surface area contributed by atoms with E-state index in [1.54, 1.807) is 73.7 Å². The number of fused-ring (bicyclic) bond motifs is 2. The summed E-state index contributed by atoms with van der Waals surface area (Å²) in [6.07, 6.45) is 1.53. The van der Waals surface area contributed by atoms with Gasteiger partial charge in [-0.2, -0.15) is 5.26 Å². The average Bonchev–Trinajstić information content (AvgIpc) is 2.98. The number of hydrogen-bond acceptors (Lipinski definition) is 8. The van der Waals surface area contributed by atoms with Crippen LogP contribution < -0.4 is 9.04 Å². The molecule has 206 valence electrons. The summed E-state index contributed by atoms with van der Waals surface area (Å²) in [5, 5.41) is 10.5. The lowest BCUT2D eigenvalue weighted by Gasteiger charge is -2.24. The lowest BCUT2D eigenvalue weighted by molar-refractivity contribution is -0.141. The summed E-state index contributed by atoms with van der Waals surface area (Å²) in [7, 11) is -4.24. The van der Waals surface area contributed by atoms with Crippen LogP contribution in [0.2, 0.25) is 0 Å². The molecule has 0 aliphatic carbocycles. The summed E-state index contributed by atoms with van der Waals surface area (Å²) in [5.74, 6) is -0.0919. The van der Waals surface area contributed by atoms with E-state index >= 15 is 0 Å². The highest BCUT2D eigenvalue weighted by atomic mass is 32.2. The quantitative estimate of drug-likeness (QED) is 0.220. The summed E-state index contributed by atoms with van der Waals surface area (Å²) < 4.78 is 40.2. The zero-order valence-corrected chi connectivity index (χ0v) is 23.3. The molecule has 0 unspecified atom stereocenters. The highest BCUT2D eigenvalue weighted by Crippen LogP contribution is 2.31. The van der Waals surface area contributed by atoms with Gasteiger partial charge in [0.05, 0.1) is 40.7 Å². The Morgan fingerprint density at radius 1 is 1.02 bits per heavy atom. The van der Waals surface area contributed by atoms with Crippen LogP contribution in [-0.4, -0.2) is 37.5 Å². The van der Waals surface area contributed by atoms with Gasteiger partial charge in [-0.15, -0.1) is 0 Å². The van der Waals surface area contributed by atoms with Crippen LogP contribution in [0.25, 0.3) is 21.8 Å². The highest BCUT2D eigenvalue weighted by molar-refractivity contribution is 7.93. The van der Waals surface area contributed by atoms with Crippen molar-refractivity contribution >= 4 is 43.5 Å². The van der Waals surface area contributed by atoms with Gasteiger partial charge in [-0.3, -0.25) is 14.1 Å². The number of para-hydroxylation sites is 1. The minimum absolute atomic E-state index is 0.0197. The van der Waals surface area contributed by atoms with Crippen molar-refractivity contribution in [2.45, 2.75) is 25.3 Å². The second-order valence-corrected chi connectivity index (χ2v) is 11.0. The van der Waals surface area contributed by atoms with Crippen LogP contribution in [0, 0.1) is 18.3 Å². The number of anilines is 1. The maximum Gasteiger partial charge on any atom is 0.326 e. The molecule has 0 aliphatic rings. The number of nitrogens with zero attached hydrogens (tertiary/aromatic N) is 4. The molecular weight excluding hydrogens is 540 g/mol. The number of aryl methyl sites for hydroxylation is 1. The molecule has 0 atom stereocenters. The third kappa shape index (κ3) is 5.81. The number of ether oxygens (including phenoxy) is 2. The smallest absolute Gasteiger partial charge is 0.326 e. The maximum absolute atomic E-state index is 14.1. The minimum Gasteiger partial charge on any atom is -0.487 e. The van der Waals surface area contributed by atoms with E-state index in [4.69, 9.17) is 19.7 Å². The summed E-state index contributed by atoms with van der Waals surface area (Å²) in [4.78, 5) is 21.6. The van der Waals surface area contributed by atoms with E-state index in [1.807, 2.05) is 13.0 Å². The number of rotatable bonds is 9. The third-order valence-corrected chi connectivity index (χ3v) is 8.26. The van der Waals surface area contributed by atoms with E-state index in [9.17, 15) is 13.2 Å². The first-order valence-corrected chi connectivity index (χ1v) is 14.3. The number of carbonyl (C=O) groups is 1. The lowest BCUT2D eigenvalue weighted by Crippen LogP contribution is -2.36. The average molecular weight is 567 g/mol.